The maximum absolute atomic E-state index is 13.4. The summed E-state index contributed by atoms with van der Waals surface area (Å²) in [5.74, 6) is -0.385. The van der Waals surface area contributed by atoms with Crippen molar-refractivity contribution in [2.24, 2.45) is 0 Å². The maximum atomic E-state index is 13.4. The molecule has 216 valence electrons. The van der Waals surface area contributed by atoms with E-state index in [1.165, 1.54) is 12.1 Å². The molecule has 4 aromatic rings. The van der Waals surface area contributed by atoms with Crippen LogP contribution in [0.5, 0.6) is 0 Å². The van der Waals surface area contributed by atoms with Crippen LogP contribution in [0.2, 0.25) is 5.02 Å². The SMILES string of the molecule is Cc1cccc2nc([C@H](Cc3ccc(C4CC(=O)NS4(=O)=O)cc3)NS(=O)(=O)c3ccc(Cl)c(C(F)(F)F)c3)[nH]c12. The van der Waals surface area contributed by atoms with Crippen LogP contribution in [0.4, 0.5) is 13.2 Å². The van der Waals surface area contributed by atoms with Gasteiger partial charge in [0.15, 0.2) is 0 Å². The number of aromatic amines is 1. The van der Waals surface area contributed by atoms with E-state index < -0.39 is 58.9 Å². The number of nitrogens with one attached hydrogen (secondary N) is 3. The molecule has 0 radical (unpaired) electrons. The summed E-state index contributed by atoms with van der Waals surface area (Å²) < 4.78 is 95.8. The van der Waals surface area contributed by atoms with Gasteiger partial charge in [-0.1, -0.05) is 48.0 Å². The first-order valence-electron chi connectivity index (χ1n) is 12.1. The highest BCUT2D eigenvalue weighted by molar-refractivity contribution is 7.90. The second-order valence-corrected chi connectivity index (χ2v) is 13.6. The third-order valence-corrected chi connectivity index (χ3v) is 10.2. The van der Waals surface area contributed by atoms with E-state index >= 15 is 0 Å². The molecule has 0 aliphatic carbocycles. The molecule has 1 amide bonds. The Morgan fingerprint density at radius 1 is 1.12 bits per heavy atom. The molecule has 1 aliphatic rings. The van der Waals surface area contributed by atoms with Gasteiger partial charge in [-0.05, 0) is 54.3 Å². The van der Waals surface area contributed by atoms with Crippen LogP contribution < -0.4 is 9.44 Å². The summed E-state index contributed by atoms with van der Waals surface area (Å²) in [4.78, 5) is 18.6. The van der Waals surface area contributed by atoms with Crippen LogP contribution in [0.3, 0.4) is 0 Å². The molecule has 15 heteroatoms. The average molecular weight is 627 g/mol. The molecule has 1 aromatic heterocycles. The van der Waals surface area contributed by atoms with Crippen molar-refractivity contribution < 1.29 is 34.8 Å². The van der Waals surface area contributed by atoms with Crippen LogP contribution in [-0.2, 0) is 37.4 Å². The fourth-order valence-electron chi connectivity index (χ4n) is 4.65. The first-order valence-corrected chi connectivity index (χ1v) is 15.5. The number of fused-ring (bicyclic) bond motifs is 1. The number of sulfonamides is 2. The molecule has 1 unspecified atom stereocenters. The number of carbonyl (C=O) groups is 1. The summed E-state index contributed by atoms with van der Waals surface area (Å²) in [6, 6.07) is 12.8. The Bertz CT molecular complexity index is 1880. The van der Waals surface area contributed by atoms with Crippen LogP contribution in [-0.4, -0.2) is 32.7 Å². The zero-order valence-electron chi connectivity index (χ0n) is 21.2. The van der Waals surface area contributed by atoms with E-state index in [2.05, 4.69) is 14.7 Å². The van der Waals surface area contributed by atoms with Crippen LogP contribution >= 0.6 is 11.6 Å². The smallest absolute Gasteiger partial charge is 0.340 e. The monoisotopic (exact) mass is 626 g/mol. The summed E-state index contributed by atoms with van der Waals surface area (Å²) in [7, 11) is -8.37. The molecule has 2 atom stereocenters. The van der Waals surface area contributed by atoms with Gasteiger partial charge in [-0.2, -0.15) is 13.2 Å². The van der Waals surface area contributed by atoms with Gasteiger partial charge in [-0.15, -0.1) is 0 Å². The van der Waals surface area contributed by atoms with Gasteiger partial charge in [0.25, 0.3) is 0 Å². The van der Waals surface area contributed by atoms with Gasteiger partial charge in [0.1, 0.15) is 11.1 Å². The van der Waals surface area contributed by atoms with Crippen LogP contribution in [0.15, 0.2) is 65.6 Å². The summed E-state index contributed by atoms with van der Waals surface area (Å²) in [6.07, 6.45) is -5.08. The fourth-order valence-corrected chi connectivity index (χ4v) is 7.53. The average Bonchev–Trinajstić information content (AvgIpc) is 3.44. The molecule has 9 nitrogen and oxygen atoms in total. The standard InChI is InChI=1S/C26H22ClF3N4O5S2/c1-14-3-2-4-20-24(14)32-25(31-20)21(33-40(36,37)17-9-10-19(27)18(12-17)26(28,29)30)11-15-5-7-16(8-6-15)22-13-23(35)34-41(22,38)39/h2-10,12,21-22,33H,11,13H2,1H3,(H,31,32)(H,34,35)/t21-,22?/m0/s1. The molecular formula is C26H22ClF3N4O5S2. The Balaban J connectivity index is 1.50. The Labute approximate surface area is 238 Å². The summed E-state index contributed by atoms with van der Waals surface area (Å²) >= 11 is 5.67. The van der Waals surface area contributed by atoms with E-state index in [1.807, 2.05) is 17.7 Å². The Hall–Kier alpha value is -3.46. The number of aryl methyl sites for hydroxylation is 1. The van der Waals surface area contributed by atoms with Crippen molar-refractivity contribution in [3.05, 3.63) is 93.8 Å². The fraction of sp³-hybridized carbons (Fsp3) is 0.231. The van der Waals surface area contributed by atoms with E-state index in [-0.39, 0.29) is 18.7 Å². The van der Waals surface area contributed by atoms with Gasteiger partial charge < -0.3 is 4.98 Å². The van der Waals surface area contributed by atoms with E-state index in [9.17, 15) is 34.8 Å². The number of amides is 1. The highest BCUT2D eigenvalue weighted by Gasteiger charge is 2.38. The minimum atomic E-state index is -4.87. The molecule has 1 fully saturated rings. The lowest BCUT2D eigenvalue weighted by Crippen LogP contribution is -2.31. The molecule has 2 heterocycles. The number of halogens is 4. The lowest BCUT2D eigenvalue weighted by Gasteiger charge is -2.19. The zero-order valence-corrected chi connectivity index (χ0v) is 23.5. The van der Waals surface area contributed by atoms with Crippen molar-refractivity contribution in [3.8, 4) is 0 Å². The van der Waals surface area contributed by atoms with E-state index in [0.717, 1.165) is 17.7 Å². The highest BCUT2D eigenvalue weighted by Crippen LogP contribution is 2.36. The number of aromatic nitrogens is 2. The van der Waals surface area contributed by atoms with Gasteiger partial charge >= 0.3 is 6.18 Å². The quantitative estimate of drug-likeness (QED) is 0.272. The first-order chi connectivity index (χ1) is 19.1. The third-order valence-electron chi connectivity index (χ3n) is 6.72. The Kier molecular flexibility index (Phi) is 7.39. The highest BCUT2D eigenvalue weighted by atomic mass is 35.5. The largest absolute Gasteiger partial charge is 0.417 e. The Morgan fingerprint density at radius 2 is 1.83 bits per heavy atom. The van der Waals surface area contributed by atoms with Gasteiger partial charge in [0.2, 0.25) is 26.0 Å². The number of alkyl halides is 3. The van der Waals surface area contributed by atoms with Crippen molar-refractivity contribution in [2.75, 3.05) is 0 Å². The summed E-state index contributed by atoms with van der Waals surface area (Å²) in [6.45, 7) is 1.84. The molecule has 1 aliphatic heterocycles. The molecular weight excluding hydrogens is 605 g/mol. The van der Waals surface area contributed by atoms with Crippen molar-refractivity contribution in [1.82, 2.24) is 19.4 Å². The predicted molar refractivity (Wildman–Crippen MR) is 145 cm³/mol. The zero-order chi connectivity index (χ0) is 29.7. The van der Waals surface area contributed by atoms with Crippen LogP contribution in [0.25, 0.3) is 11.0 Å². The van der Waals surface area contributed by atoms with Crippen molar-refractivity contribution in [3.63, 3.8) is 0 Å². The molecule has 1 saturated heterocycles. The predicted octanol–water partition coefficient (Wildman–Crippen LogP) is 4.70. The van der Waals surface area contributed by atoms with E-state index in [0.29, 0.717) is 28.2 Å². The topological polar surface area (TPSA) is 138 Å². The number of H-pyrrole nitrogens is 1. The van der Waals surface area contributed by atoms with Gasteiger partial charge in [-0.25, -0.2) is 26.5 Å². The van der Waals surface area contributed by atoms with E-state index in [4.69, 9.17) is 11.6 Å². The van der Waals surface area contributed by atoms with Gasteiger partial charge in [0.05, 0.1) is 39.0 Å². The second-order valence-electron chi connectivity index (χ2n) is 9.61. The third kappa shape index (κ3) is 5.96. The number of carbonyl (C=O) groups excluding carboxylic acids is 1. The molecule has 0 spiro atoms. The second kappa shape index (κ2) is 10.4. The van der Waals surface area contributed by atoms with Crippen molar-refractivity contribution in [1.29, 1.82) is 0 Å². The first kappa shape index (κ1) is 29.0. The molecule has 3 N–H and O–H groups in total. The lowest BCUT2D eigenvalue weighted by atomic mass is 10.0. The summed E-state index contributed by atoms with van der Waals surface area (Å²) in [5.41, 5.74) is 1.74. The number of rotatable bonds is 7. The Morgan fingerprint density at radius 3 is 2.44 bits per heavy atom. The number of hydrogen-bond donors (Lipinski definition) is 3. The number of benzene rings is 3. The molecule has 5 rings (SSSR count). The number of hydrogen-bond acceptors (Lipinski definition) is 6. The summed E-state index contributed by atoms with van der Waals surface area (Å²) in [5, 5.41) is -1.69. The number of para-hydroxylation sites is 1. The molecule has 3 aromatic carbocycles. The molecule has 0 bridgehead atoms. The number of imidazole rings is 1. The normalized spacial score (nSPS) is 18.0. The lowest BCUT2D eigenvalue weighted by molar-refractivity contribution is -0.137. The minimum Gasteiger partial charge on any atom is -0.340 e. The van der Waals surface area contributed by atoms with Gasteiger partial charge in [-0.3, -0.25) is 9.52 Å². The van der Waals surface area contributed by atoms with Crippen molar-refractivity contribution >= 4 is 48.6 Å². The van der Waals surface area contributed by atoms with Crippen LogP contribution in [0.1, 0.15) is 45.8 Å². The maximum Gasteiger partial charge on any atom is 0.417 e. The number of nitrogens with zero attached hydrogens (tertiary/aromatic N) is 1. The van der Waals surface area contributed by atoms with Crippen LogP contribution in [0, 0.1) is 6.92 Å². The van der Waals surface area contributed by atoms with Gasteiger partial charge in [0, 0.05) is 0 Å². The molecule has 0 saturated carbocycles. The molecule has 41 heavy (non-hydrogen) atoms. The van der Waals surface area contributed by atoms with Crippen molar-refractivity contribution in [2.45, 2.75) is 42.1 Å². The minimum absolute atomic E-state index is 0.00664. The van der Waals surface area contributed by atoms with E-state index in [1.54, 1.807) is 24.3 Å².